The van der Waals surface area contributed by atoms with Crippen molar-refractivity contribution in [1.82, 2.24) is 15.6 Å². The average molecular weight is 388 g/mol. The van der Waals surface area contributed by atoms with Crippen molar-refractivity contribution in [2.75, 3.05) is 58.4 Å². The molecule has 0 aliphatic carbocycles. The second-order valence-electron chi connectivity index (χ2n) is 6.32. The van der Waals surface area contributed by atoms with Crippen LogP contribution in [0.2, 0.25) is 0 Å². The monoisotopic (exact) mass is 387 g/mol. The molecule has 0 aliphatic heterocycles. The molecule has 1 aromatic carbocycles. The molecule has 1 aromatic heterocycles. The molecule has 0 amide bonds. The van der Waals surface area contributed by atoms with Gasteiger partial charge in [0.1, 0.15) is 5.82 Å². The number of fused-ring (bicyclic) bond motifs is 1. The Labute approximate surface area is 167 Å². The molecule has 0 unspecified atom stereocenters. The van der Waals surface area contributed by atoms with Crippen LogP contribution in [0.5, 0.6) is 0 Å². The fraction of sp³-hybridized carbons (Fsp3) is 0.524. The molecular weight excluding hydrogens is 354 g/mol. The number of hydrogen-bond donors (Lipinski definition) is 3. The van der Waals surface area contributed by atoms with Crippen LogP contribution in [0.15, 0.2) is 41.4 Å². The standard InChI is InChI=1S/C21H33N5O2/c1-3-4-14-27-16-17-28-15-13-25-21(22-2)24-12-11-23-20-10-9-18-7-5-6-8-19(18)26-20/h5-10H,3-4,11-17H2,1-2H3,(H,23,26)(H2,22,24,25). The number of para-hydroxylation sites is 1. The number of benzene rings is 1. The van der Waals surface area contributed by atoms with Crippen LogP contribution in [0, 0.1) is 0 Å². The van der Waals surface area contributed by atoms with Gasteiger partial charge in [0.25, 0.3) is 0 Å². The molecule has 0 fully saturated rings. The lowest BCUT2D eigenvalue weighted by Crippen LogP contribution is -2.41. The number of ether oxygens (including phenoxy) is 2. The van der Waals surface area contributed by atoms with Gasteiger partial charge in [-0.1, -0.05) is 31.5 Å². The van der Waals surface area contributed by atoms with Gasteiger partial charge in [0.2, 0.25) is 0 Å². The molecule has 0 atom stereocenters. The Morgan fingerprint density at radius 1 is 0.929 bits per heavy atom. The first kappa shape index (κ1) is 21.9. The highest BCUT2D eigenvalue weighted by molar-refractivity contribution is 5.80. The van der Waals surface area contributed by atoms with Crippen LogP contribution >= 0.6 is 0 Å². The molecule has 0 bridgehead atoms. The molecule has 0 radical (unpaired) electrons. The quantitative estimate of drug-likeness (QED) is 0.279. The summed E-state index contributed by atoms with van der Waals surface area (Å²) in [5, 5.41) is 11.0. The van der Waals surface area contributed by atoms with E-state index < -0.39 is 0 Å². The Morgan fingerprint density at radius 3 is 2.54 bits per heavy atom. The Morgan fingerprint density at radius 2 is 1.71 bits per heavy atom. The van der Waals surface area contributed by atoms with E-state index >= 15 is 0 Å². The molecule has 7 nitrogen and oxygen atoms in total. The molecule has 0 spiro atoms. The van der Waals surface area contributed by atoms with Gasteiger partial charge < -0.3 is 25.4 Å². The fourth-order valence-electron chi connectivity index (χ4n) is 2.57. The number of aromatic nitrogens is 1. The second kappa shape index (κ2) is 13.7. The lowest BCUT2D eigenvalue weighted by atomic mass is 10.2. The van der Waals surface area contributed by atoms with Crippen LogP contribution in [-0.2, 0) is 9.47 Å². The zero-order valence-electron chi connectivity index (χ0n) is 17.0. The van der Waals surface area contributed by atoms with Crippen molar-refractivity contribution in [1.29, 1.82) is 0 Å². The smallest absolute Gasteiger partial charge is 0.191 e. The summed E-state index contributed by atoms with van der Waals surface area (Å²) in [5.41, 5.74) is 0.994. The Balaban J connectivity index is 1.53. The zero-order chi connectivity index (χ0) is 19.9. The predicted molar refractivity (Wildman–Crippen MR) is 116 cm³/mol. The van der Waals surface area contributed by atoms with Crippen molar-refractivity contribution in [3.63, 3.8) is 0 Å². The first-order valence-electron chi connectivity index (χ1n) is 10.0. The number of guanidine groups is 1. The third-order valence-corrected chi connectivity index (χ3v) is 4.10. The number of unbranched alkanes of at least 4 members (excludes halogenated alkanes) is 1. The number of nitrogens with zero attached hydrogens (tertiary/aromatic N) is 2. The molecular formula is C21H33N5O2. The summed E-state index contributed by atoms with van der Waals surface area (Å²) >= 11 is 0. The maximum Gasteiger partial charge on any atom is 0.191 e. The van der Waals surface area contributed by atoms with Gasteiger partial charge >= 0.3 is 0 Å². The highest BCUT2D eigenvalue weighted by Gasteiger charge is 1.99. The molecule has 1 heterocycles. The average Bonchev–Trinajstić information content (AvgIpc) is 2.74. The molecule has 2 aromatic rings. The molecule has 0 aliphatic rings. The third-order valence-electron chi connectivity index (χ3n) is 4.10. The molecule has 2 rings (SSSR count). The summed E-state index contributed by atoms with van der Waals surface area (Å²) in [6.07, 6.45) is 2.26. The summed E-state index contributed by atoms with van der Waals surface area (Å²) < 4.78 is 11.0. The maximum absolute atomic E-state index is 5.54. The molecule has 7 heteroatoms. The number of hydrogen-bond acceptors (Lipinski definition) is 5. The van der Waals surface area contributed by atoms with Crippen LogP contribution in [0.25, 0.3) is 10.9 Å². The number of aliphatic imine (C=N–C) groups is 1. The largest absolute Gasteiger partial charge is 0.379 e. The molecule has 3 N–H and O–H groups in total. The van der Waals surface area contributed by atoms with Crippen molar-refractivity contribution in [3.8, 4) is 0 Å². The van der Waals surface area contributed by atoms with E-state index in [0.29, 0.717) is 26.4 Å². The van der Waals surface area contributed by atoms with E-state index in [1.165, 1.54) is 0 Å². The maximum atomic E-state index is 5.54. The van der Waals surface area contributed by atoms with E-state index in [-0.39, 0.29) is 0 Å². The van der Waals surface area contributed by atoms with Gasteiger partial charge in [-0.15, -0.1) is 0 Å². The van der Waals surface area contributed by atoms with Gasteiger partial charge in [-0.2, -0.15) is 0 Å². The summed E-state index contributed by atoms with van der Waals surface area (Å²) in [5.74, 6) is 1.63. The lowest BCUT2D eigenvalue weighted by molar-refractivity contribution is 0.0487. The number of pyridine rings is 1. The highest BCUT2D eigenvalue weighted by Crippen LogP contribution is 2.13. The Bertz CT molecular complexity index is 708. The third kappa shape index (κ3) is 8.54. The molecule has 0 saturated heterocycles. The van der Waals surface area contributed by atoms with Crippen LogP contribution in [0.1, 0.15) is 19.8 Å². The predicted octanol–water partition coefficient (Wildman–Crippen LogP) is 2.65. The van der Waals surface area contributed by atoms with Crippen molar-refractivity contribution in [3.05, 3.63) is 36.4 Å². The number of rotatable bonds is 13. The summed E-state index contributed by atoms with van der Waals surface area (Å²) in [6, 6.07) is 12.2. The Kier molecular flexibility index (Phi) is 10.8. The highest BCUT2D eigenvalue weighted by atomic mass is 16.5. The van der Waals surface area contributed by atoms with Gasteiger partial charge in [-0.25, -0.2) is 4.98 Å². The minimum atomic E-state index is 0.622. The summed E-state index contributed by atoms with van der Waals surface area (Å²) in [7, 11) is 1.76. The second-order valence-corrected chi connectivity index (χ2v) is 6.32. The van der Waals surface area contributed by atoms with E-state index in [1.54, 1.807) is 7.05 Å². The van der Waals surface area contributed by atoms with E-state index in [1.807, 2.05) is 24.3 Å². The minimum absolute atomic E-state index is 0.622. The van der Waals surface area contributed by atoms with E-state index in [9.17, 15) is 0 Å². The number of nitrogens with one attached hydrogen (secondary N) is 3. The van der Waals surface area contributed by atoms with E-state index in [0.717, 1.165) is 55.2 Å². The molecule has 0 saturated carbocycles. The van der Waals surface area contributed by atoms with Crippen molar-refractivity contribution < 1.29 is 9.47 Å². The number of anilines is 1. The minimum Gasteiger partial charge on any atom is -0.379 e. The van der Waals surface area contributed by atoms with Crippen molar-refractivity contribution in [2.45, 2.75) is 19.8 Å². The fourth-order valence-corrected chi connectivity index (χ4v) is 2.57. The molecule has 28 heavy (non-hydrogen) atoms. The van der Waals surface area contributed by atoms with Gasteiger partial charge in [0.15, 0.2) is 5.96 Å². The van der Waals surface area contributed by atoms with Crippen LogP contribution in [0.3, 0.4) is 0 Å². The Hall–Kier alpha value is -2.38. The normalized spacial score (nSPS) is 11.6. The summed E-state index contributed by atoms with van der Waals surface area (Å²) in [4.78, 5) is 8.81. The SMILES string of the molecule is CCCCOCCOCCNC(=NC)NCCNc1ccc2ccccc2n1. The van der Waals surface area contributed by atoms with E-state index in [2.05, 4.69) is 45.0 Å². The van der Waals surface area contributed by atoms with Crippen LogP contribution in [-0.4, -0.2) is 64.1 Å². The van der Waals surface area contributed by atoms with Crippen LogP contribution < -0.4 is 16.0 Å². The van der Waals surface area contributed by atoms with Gasteiger partial charge in [0.05, 0.1) is 25.3 Å². The van der Waals surface area contributed by atoms with Crippen molar-refractivity contribution >= 4 is 22.7 Å². The van der Waals surface area contributed by atoms with Gasteiger partial charge in [0, 0.05) is 38.7 Å². The van der Waals surface area contributed by atoms with E-state index in [4.69, 9.17) is 9.47 Å². The molecule has 154 valence electrons. The zero-order valence-corrected chi connectivity index (χ0v) is 17.0. The first-order valence-corrected chi connectivity index (χ1v) is 10.0. The van der Waals surface area contributed by atoms with Crippen LogP contribution in [0.4, 0.5) is 5.82 Å². The topological polar surface area (TPSA) is 79.8 Å². The van der Waals surface area contributed by atoms with Gasteiger partial charge in [-0.05, 0) is 24.6 Å². The van der Waals surface area contributed by atoms with Crippen molar-refractivity contribution in [2.24, 2.45) is 4.99 Å². The summed E-state index contributed by atoms with van der Waals surface area (Å²) in [6.45, 7) is 7.06. The van der Waals surface area contributed by atoms with Gasteiger partial charge in [-0.3, -0.25) is 4.99 Å². The first-order chi connectivity index (χ1) is 13.8. The lowest BCUT2D eigenvalue weighted by Gasteiger charge is -2.13.